The number of benzene rings is 3. The van der Waals surface area contributed by atoms with E-state index < -0.39 is 6.04 Å². The minimum absolute atomic E-state index is 0.144. The number of aromatic nitrogens is 1. The first-order chi connectivity index (χ1) is 17.0. The number of amides is 2. The minimum atomic E-state index is -0.453. The highest BCUT2D eigenvalue weighted by atomic mass is 16.5. The maximum Gasteiger partial charge on any atom is 0.255 e. The quantitative estimate of drug-likeness (QED) is 0.328. The number of H-pyrrole nitrogens is 1. The topological polar surface area (TPSA) is 103 Å². The number of carbonyl (C=O) groups is 2. The van der Waals surface area contributed by atoms with Crippen LogP contribution in [0.1, 0.15) is 28.4 Å². The van der Waals surface area contributed by atoms with E-state index in [1.54, 1.807) is 0 Å². The Kier molecular flexibility index (Phi) is 6.25. The van der Waals surface area contributed by atoms with Crippen LogP contribution in [0.25, 0.3) is 22.0 Å². The monoisotopic (exact) mass is 469 g/mol. The maximum absolute atomic E-state index is 13.4. The number of aliphatic hydroxyl groups excluding tert-OH is 1. The summed E-state index contributed by atoms with van der Waals surface area (Å²) < 4.78 is 5.81. The fourth-order valence-corrected chi connectivity index (χ4v) is 4.61. The Morgan fingerprint density at radius 1 is 1.09 bits per heavy atom. The van der Waals surface area contributed by atoms with E-state index in [1.165, 1.54) is 6.92 Å². The second kappa shape index (κ2) is 9.64. The number of nitrogens with one attached hydrogen (secondary N) is 3. The highest BCUT2D eigenvalue weighted by Crippen LogP contribution is 2.35. The van der Waals surface area contributed by atoms with Crippen molar-refractivity contribution in [3.63, 3.8) is 0 Å². The number of hydrogen-bond acceptors (Lipinski definition) is 4. The molecule has 0 unspecified atom stereocenters. The molecule has 35 heavy (non-hydrogen) atoms. The molecule has 0 fully saturated rings. The maximum atomic E-state index is 13.4. The van der Waals surface area contributed by atoms with Gasteiger partial charge >= 0.3 is 0 Å². The van der Waals surface area contributed by atoms with Crippen molar-refractivity contribution in [3.8, 4) is 16.9 Å². The predicted octanol–water partition coefficient (Wildman–Crippen LogP) is 4.06. The molecular weight excluding hydrogens is 442 g/mol. The van der Waals surface area contributed by atoms with Crippen LogP contribution in [0.15, 0.2) is 66.9 Å². The smallest absolute Gasteiger partial charge is 0.255 e. The van der Waals surface area contributed by atoms with Gasteiger partial charge in [-0.3, -0.25) is 9.59 Å². The molecule has 0 radical (unpaired) electrons. The second-order valence-electron chi connectivity index (χ2n) is 8.79. The van der Waals surface area contributed by atoms with Crippen LogP contribution in [-0.4, -0.2) is 41.2 Å². The first-order valence-corrected chi connectivity index (χ1v) is 11.7. The molecule has 1 aliphatic heterocycles. The highest BCUT2D eigenvalue weighted by molar-refractivity contribution is 5.99. The van der Waals surface area contributed by atoms with E-state index in [9.17, 15) is 14.7 Å². The van der Waals surface area contributed by atoms with Gasteiger partial charge in [-0.05, 0) is 59.0 Å². The lowest BCUT2D eigenvalue weighted by Gasteiger charge is -2.18. The van der Waals surface area contributed by atoms with Gasteiger partial charge in [0.2, 0.25) is 5.91 Å². The zero-order chi connectivity index (χ0) is 24.4. The lowest BCUT2D eigenvalue weighted by atomic mass is 9.97. The first kappa shape index (κ1) is 22.7. The molecule has 0 saturated carbocycles. The minimum Gasteiger partial charge on any atom is -0.492 e. The molecule has 178 valence electrons. The number of rotatable bonds is 7. The normalized spacial score (nSPS) is 13.2. The molecule has 1 atom stereocenters. The van der Waals surface area contributed by atoms with Gasteiger partial charge in [-0.15, -0.1) is 0 Å². The lowest BCUT2D eigenvalue weighted by molar-refractivity contribution is -0.114. The summed E-state index contributed by atoms with van der Waals surface area (Å²) in [5.41, 5.74) is 5.90. The molecular formula is C28H27N3O4. The molecule has 1 aromatic heterocycles. The number of para-hydroxylation sites is 1. The molecule has 4 N–H and O–H groups in total. The summed E-state index contributed by atoms with van der Waals surface area (Å²) in [5, 5.41) is 16.9. The SMILES string of the molecule is CC(=O)Nc1cccc(-c2cc3c(c(C(=O)N[C@@H](CO)Cc4c[nH]c5ccccc45)c2)OCC3)c1. The number of carbonyl (C=O) groups excluding carboxylic acids is 2. The average Bonchev–Trinajstić information content (AvgIpc) is 3.50. The first-order valence-electron chi connectivity index (χ1n) is 11.7. The third-order valence-electron chi connectivity index (χ3n) is 6.24. The van der Waals surface area contributed by atoms with Crippen LogP contribution in [0.5, 0.6) is 5.75 Å². The van der Waals surface area contributed by atoms with E-state index in [2.05, 4.69) is 15.6 Å². The number of aliphatic hydroxyl groups is 1. The van der Waals surface area contributed by atoms with E-state index in [0.717, 1.165) is 33.2 Å². The van der Waals surface area contributed by atoms with Gasteiger partial charge in [0, 0.05) is 36.1 Å². The van der Waals surface area contributed by atoms with E-state index >= 15 is 0 Å². The van der Waals surface area contributed by atoms with Crippen LogP contribution >= 0.6 is 0 Å². The third kappa shape index (κ3) is 4.76. The zero-order valence-corrected chi connectivity index (χ0v) is 19.4. The Balaban J connectivity index is 1.42. The molecule has 0 saturated heterocycles. The van der Waals surface area contributed by atoms with Gasteiger partial charge in [-0.1, -0.05) is 30.3 Å². The Morgan fingerprint density at radius 2 is 1.94 bits per heavy atom. The van der Waals surface area contributed by atoms with E-state index in [1.807, 2.05) is 66.9 Å². The molecule has 3 aromatic carbocycles. The fraction of sp³-hybridized carbons (Fsp3) is 0.214. The second-order valence-corrected chi connectivity index (χ2v) is 8.79. The van der Waals surface area contributed by atoms with Gasteiger partial charge in [0.1, 0.15) is 5.75 Å². The number of anilines is 1. The Hall–Kier alpha value is -4.10. The molecule has 5 rings (SSSR count). The average molecular weight is 470 g/mol. The third-order valence-corrected chi connectivity index (χ3v) is 6.24. The molecule has 2 amide bonds. The number of aromatic amines is 1. The predicted molar refractivity (Wildman–Crippen MR) is 136 cm³/mol. The number of fused-ring (bicyclic) bond motifs is 2. The summed E-state index contributed by atoms with van der Waals surface area (Å²) in [6, 6.07) is 18.9. The van der Waals surface area contributed by atoms with Crippen molar-refractivity contribution in [1.29, 1.82) is 0 Å². The summed E-state index contributed by atoms with van der Waals surface area (Å²) in [6.07, 6.45) is 3.13. The highest BCUT2D eigenvalue weighted by Gasteiger charge is 2.24. The van der Waals surface area contributed by atoms with Gasteiger partial charge in [-0.25, -0.2) is 0 Å². The summed E-state index contributed by atoms with van der Waals surface area (Å²) in [7, 11) is 0. The summed E-state index contributed by atoms with van der Waals surface area (Å²) >= 11 is 0. The molecule has 0 aliphatic carbocycles. The standard InChI is InChI=1S/C28H27N3O4/c1-17(33)30-22-6-4-5-18(12-22)20-11-19-9-10-35-27(19)25(14-20)28(34)31-23(16-32)13-21-15-29-26-8-3-2-7-24(21)26/h2-8,11-12,14-15,23,29,32H,9-10,13,16H2,1H3,(H,30,33)(H,31,34)/t23-/m1/s1. The fourth-order valence-electron chi connectivity index (χ4n) is 4.61. The van der Waals surface area contributed by atoms with Crippen LogP contribution < -0.4 is 15.4 Å². The van der Waals surface area contributed by atoms with Gasteiger partial charge in [0.25, 0.3) is 5.91 Å². The number of ether oxygens (including phenoxy) is 1. The molecule has 2 heterocycles. The Labute approximate surface area is 203 Å². The van der Waals surface area contributed by atoms with Crippen molar-refractivity contribution in [2.24, 2.45) is 0 Å². The van der Waals surface area contributed by atoms with Crippen molar-refractivity contribution in [3.05, 3.63) is 83.6 Å². The zero-order valence-electron chi connectivity index (χ0n) is 19.4. The summed E-state index contributed by atoms with van der Waals surface area (Å²) in [6.45, 7) is 1.80. The van der Waals surface area contributed by atoms with Crippen LogP contribution in [-0.2, 0) is 17.6 Å². The summed E-state index contributed by atoms with van der Waals surface area (Å²) in [5.74, 6) is 0.157. The van der Waals surface area contributed by atoms with Crippen molar-refractivity contribution in [2.75, 3.05) is 18.5 Å². The van der Waals surface area contributed by atoms with E-state index in [4.69, 9.17) is 4.74 Å². The van der Waals surface area contributed by atoms with Crippen LogP contribution in [0.3, 0.4) is 0 Å². The molecule has 0 bridgehead atoms. The molecule has 0 spiro atoms. The largest absolute Gasteiger partial charge is 0.492 e. The Bertz CT molecular complexity index is 1410. The van der Waals surface area contributed by atoms with Gasteiger partial charge in [0.15, 0.2) is 0 Å². The van der Waals surface area contributed by atoms with Crippen molar-refractivity contribution in [1.82, 2.24) is 10.3 Å². The number of hydrogen-bond donors (Lipinski definition) is 4. The van der Waals surface area contributed by atoms with Gasteiger partial charge in [-0.2, -0.15) is 0 Å². The molecule has 4 aromatic rings. The molecule has 7 heteroatoms. The van der Waals surface area contributed by atoms with Gasteiger partial charge < -0.3 is 25.5 Å². The van der Waals surface area contributed by atoms with Crippen molar-refractivity contribution in [2.45, 2.75) is 25.8 Å². The van der Waals surface area contributed by atoms with E-state index in [-0.39, 0.29) is 18.4 Å². The van der Waals surface area contributed by atoms with Gasteiger partial charge in [0.05, 0.1) is 24.8 Å². The lowest BCUT2D eigenvalue weighted by Crippen LogP contribution is -2.39. The van der Waals surface area contributed by atoms with Crippen molar-refractivity contribution >= 4 is 28.4 Å². The van der Waals surface area contributed by atoms with Crippen molar-refractivity contribution < 1.29 is 19.4 Å². The molecule has 7 nitrogen and oxygen atoms in total. The van der Waals surface area contributed by atoms with Crippen LogP contribution in [0.2, 0.25) is 0 Å². The van der Waals surface area contributed by atoms with Crippen LogP contribution in [0.4, 0.5) is 5.69 Å². The summed E-state index contributed by atoms with van der Waals surface area (Å²) in [4.78, 5) is 28.1. The Morgan fingerprint density at radius 3 is 2.77 bits per heavy atom. The molecule has 1 aliphatic rings. The van der Waals surface area contributed by atoms with E-state index in [0.29, 0.717) is 36.4 Å². The van der Waals surface area contributed by atoms with Crippen LogP contribution in [0, 0.1) is 0 Å².